The fourth-order valence-electron chi connectivity index (χ4n) is 0.427. The van der Waals surface area contributed by atoms with Crippen molar-refractivity contribution in [2.24, 2.45) is 0 Å². The van der Waals surface area contributed by atoms with Crippen LogP contribution in [0.25, 0.3) is 0 Å². The fraction of sp³-hybridized carbons (Fsp3) is 0.500. The normalized spacial score (nSPS) is 9.45. The first-order chi connectivity index (χ1) is 5.20. The van der Waals surface area contributed by atoms with Crippen molar-refractivity contribution in [1.82, 2.24) is 5.23 Å². The Morgan fingerprint density at radius 3 is 2.91 bits per heavy atom. The van der Waals surface area contributed by atoms with Crippen molar-refractivity contribution < 1.29 is 9.68 Å². The van der Waals surface area contributed by atoms with Crippen LogP contribution in [0.4, 0.5) is 0 Å². The van der Waals surface area contributed by atoms with Gasteiger partial charge in [-0.15, -0.1) is 0 Å². The molecule has 0 unspecified atom stereocenters. The standard InChI is InChI=1S/C4H8B2N2O2S/c1-6(9)8-4(11-2)5-10-3-7/h8-9H,1-2H3. The van der Waals surface area contributed by atoms with Crippen molar-refractivity contribution in [3.8, 4) is 6.26 Å². The Morgan fingerprint density at radius 2 is 2.55 bits per heavy atom. The van der Waals surface area contributed by atoms with Gasteiger partial charge in [-0.1, -0.05) is 0 Å². The quantitative estimate of drug-likeness (QED) is 0.429. The number of nitrogens with zero attached hydrogens (tertiary/aromatic N) is 1. The van der Waals surface area contributed by atoms with Crippen LogP contribution in [0.15, 0.2) is 0 Å². The van der Waals surface area contributed by atoms with E-state index in [1.165, 1.54) is 25.1 Å². The minimum absolute atomic E-state index is 0.613. The summed E-state index contributed by atoms with van der Waals surface area (Å²) in [5.41, 5.74) is 0. The summed E-state index contributed by atoms with van der Waals surface area (Å²) in [7, 11) is 0.605. The number of hydrogen-bond acceptors (Lipinski definition) is 5. The number of thioether (sulfide) groups is 1. The van der Waals surface area contributed by atoms with E-state index in [1.807, 2.05) is 6.26 Å². The van der Waals surface area contributed by atoms with Crippen molar-refractivity contribution >= 4 is 30.9 Å². The molecule has 0 fully saturated rings. The monoisotopic (exact) mass is 170 g/mol. The molecule has 4 nitrogen and oxygen atoms in total. The molecule has 0 saturated carbocycles. The van der Waals surface area contributed by atoms with Gasteiger partial charge in [-0.3, -0.25) is 0 Å². The van der Waals surface area contributed by atoms with Crippen molar-refractivity contribution in [3.05, 3.63) is 0 Å². The molecule has 0 spiro atoms. The van der Waals surface area contributed by atoms with Gasteiger partial charge in [0.15, 0.2) is 0 Å². The molecule has 0 aromatic rings. The first kappa shape index (κ1) is 10.4. The third kappa shape index (κ3) is 5.83. The van der Waals surface area contributed by atoms with Crippen LogP contribution in [-0.4, -0.2) is 30.4 Å². The number of rotatable bonds is 4. The first-order valence-corrected chi connectivity index (χ1v) is 4.16. The maximum absolute atomic E-state index is 8.85. The summed E-state index contributed by atoms with van der Waals surface area (Å²) in [6, 6.07) is 0. The van der Waals surface area contributed by atoms with Gasteiger partial charge in [0, 0.05) is 0 Å². The summed E-state index contributed by atoms with van der Waals surface area (Å²) in [4.78, 5) is 0.613. The Balaban J connectivity index is 3.86. The van der Waals surface area contributed by atoms with E-state index in [9.17, 15) is 0 Å². The Morgan fingerprint density at radius 1 is 1.91 bits per heavy atom. The van der Waals surface area contributed by atoms with Gasteiger partial charge in [0.25, 0.3) is 0 Å². The van der Waals surface area contributed by atoms with Crippen LogP contribution in [0, 0.1) is 11.5 Å². The topological polar surface area (TPSA) is 65.3 Å². The molecule has 0 aliphatic carbocycles. The summed E-state index contributed by atoms with van der Waals surface area (Å²) in [6.45, 7) is 1.58. The molecule has 0 amide bonds. The molecular weight excluding hydrogens is 162 g/mol. The summed E-state index contributed by atoms with van der Waals surface area (Å²) in [5, 5.41) is 19.5. The van der Waals surface area contributed by atoms with Crippen LogP contribution in [0.1, 0.15) is 0 Å². The van der Waals surface area contributed by atoms with Gasteiger partial charge in [-0.25, -0.2) is 0 Å². The molecule has 0 bridgehead atoms. The molecule has 0 atom stereocenters. The molecule has 0 aliphatic heterocycles. The second kappa shape index (κ2) is 6.13. The molecule has 0 aliphatic rings. The van der Waals surface area contributed by atoms with E-state index in [0.29, 0.717) is 4.92 Å². The molecule has 0 radical (unpaired) electrons. The second-order valence-electron chi connectivity index (χ2n) is 1.72. The van der Waals surface area contributed by atoms with E-state index in [4.69, 9.17) is 10.3 Å². The fourth-order valence-corrected chi connectivity index (χ4v) is 0.860. The first-order valence-electron chi connectivity index (χ1n) is 2.94. The average Bonchev–Trinajstić information content (AvgIpc) is 1.97. The van der Waals surface area contributed by atoms with E-state index in [0.717, 1.165) is 0 Å². The molecule has 58 valence electrons. The molecule has 0 heterocycles. The zero-order chi connectivity index (χ0) is 8.69. The summed E-state index contributed by atoms with van der Waals surface area (Å²) < 4.78 is 4.34. The summed E-state index contributed by atoms with van der Waals surface area (Å²) in [5.74, 6) is 0. The summed E-state index contributed by atoms with van der Waals surface area (Å²) >= 11 is 1.35. The Hall–Kier alpha value is -0.600. The minimum atomic E-state index is -0.643. The van der Waals surface area contributed by atoms with Crippen LogP contribution in [0.2, 0.25) is 6.82 Å². The summed E-state index contributed by atoms with van der Waals surface area (Å²) in [6.07, 6.45) is 3.30. The van der Waals surface area contributed by atoms with E-state index in [2.05, 4.69) is 9.88 Å². The third-order valence-electron chi connectivity index (χ3n) is 0.790. The van der Waals surface area contributed by atoms with E-state index in [-0.39, 0.29) is 0 Å². The molecule has 0 aromatic carbocycles. The van der Waals surface area contributed by atoms with Crippen LogP contribution in [-0.2, 0) is 4.65 Å². The second-order valence-corrected chi connectivity index (χ2v) is 2.56. The van der Waals surface area contributed by atoms with E-state index >= 15 is 0 Å². The third-order valence-corrected chi connectivity index (χ3v) is 1.44. The van der Waals surface area contributed by atoms with Gasteiger partial charge in [-0.05, 0) is 0 Å². The SMILES string of the molecule is CSC(=BOC#N)NB(C)O. The van der Waals surface area contributed by atoms with Gasteiger partial charge in [-0.2, -0.15) is 0 Å². The van der Waals surface area contributed by atoms with Crippen molar-refractivity contribution in [1.29, 1.82) is 5.26 Å². The zero-order valence-electron chi connectivity index (χ0n) is 6.37. The van der Waals surface area contributed by atoms with E-state index < -0.39 is 7.05 Å². The van der Waals surface area contributed by atoms with Crippen LogP contribution in [0.5, 0.6) is 0 Å². The van der Waals surface area contributed by atoms with Gasteiger partial charge < -0.3 is 0 Å². The number of hydrogen-bond donors (Lipinski definition) is 2. The Labute approximate surface area is 71.0 Å². The number of nitrogens with one attached hydrogen (secondary N) is 1. The maximum atomic E-state index is 8.85. The molecule has 2 N–H and O–H groups in total. The van der Waals surface area contributed by atoms with Gasteiger partial charge in [0.1, 0.15) is 0 Å². The van der Waals surface area contributed by atoms with Crippen molar-refractivity contribution in [3.63, 3.8) is 0 Å². The van der Waals surface area contributed by atoms with Gasteiger partial charge in [0.2, 0.25) is 0 Å². The molecular formula is C4H8B2N2O2S. The molecule has 7 heteroatoms. The molecule has 0 aromatic heterocycles. The van der Waals surface area contributed by atoms with Crippen molar-refractivity contribution in [2.75, 3.05) is 6.26 Å². The van der Waals surface area contributed by atoms with Gasteiger partial charge in [0.05, 0.1) is 0 Å². The average molecular weight is 170 g/mol. The van der Waals surface area contributed by atoms with Crippen LogP contribution >= 0.6 is 11.8 Å². The molecule has 11 heavy (non-hydrogen) atoms. The molecule has 0 saturated heterocycles. The van der Waals surface area contributed by atoms with Crippen LogP contribution < -0.4 is 5.23 Å². The zero-order valence-corrected chi connectivity index (χ0v) is 7.18. The predicted molar refractivity (Wildman–Crippen MR) is 47.9 cm³/mol. The Bertz CT molecular complexity index is 179. The number of nitriles is 1. The predicted octanol–water partition coefficient (Wildman–Crippen LogP) is -0.746. The molecule has 0 rings (SSSR count). The van der Waals surface area contributed by atoms with Crippen molar-refractivity contribution in [2.45, 2.75) is 6.82 Å². The Kier molecular flexibility index (Phi) is 5.80. The van der Waals surface area contributed by atoms with E-state index in [1.54, 1.807) is 6.82 Å². The van der Waals surface area contributed by atoms with Crippen LogP contribution in [0.3, 0.4) is 0 Å². The van der Waals surface area contributed by atoms with Gasteiger partial charge >= 0.3 is 70.4 Å².